The first-order chi connectivity index (χ1) is 11.1. The summed E-state index contributed by atoms with van der Waals surface area (Å²) >= 11 is 0. The molecule has 0 bridgehead atoms. The summed E-state index contributed by atoms with van der Waals surface area (Å²) in [4.78, 5) is 11.5. The van der Waals surface area contributed by atoms with Crippen molar-refractivity contribution in [2.24, 2.45) is 0 Å². The fourth-order valence-corrected chi connectivity index (χ4v) is 3.05. The van der Waals surface area contributed by atoms with E-state index in [2.05, 4.69) is 13.5 Å². The Bertz CT molecular complexity index is 330. The molecule has 0 aromatic carbocycles. The molecule has 3 heteroatoms. The van der Waals surface area contributed by atoms with E-state index in [0.717, 1.165) is 32.3 Å². The van der Waals surface area contributed by atoms with Gasteiger partial charge in [0.15, 0.2) is 0 Å². The number of rotatable bonds is 12. The van der Waals surface area contributed by atoms with Gasteiger partial charge in [0.05, 0.1) is 6.10 Å². The van der Waals surface area contributed by atoms with Crippen LogP contribution >= 0.6 is 0 Å². The van der Waals surface area contributed by atoms with Crippen LogP contribution in [0.4, 0.5) is 0 Å². The number of hydrogen-bond acceptors (Lipinski definition) is 3. The van der Waals surface area contributed by atoms with Crippen LogP contribution in [-0.2, 0) is 14.3 Å². The van der Waals surface area contributed by atoms with Crippen LogP contribution < -0.4 is 0 Å². The Kier molecular flexibility index (Phi) is 11.1. The zero-order chi connectivity index (χ0) is 16.9. The lowest BCUT2D eigenvalue weighted by atomic mass is 9.95. The van der Waals surface area contributed by atoms with E-state index in [1.807, 2.05) is 0 Å². The van der Waals surface area contributed by atoms with Crippen LogP contribution in [0.2, 0.25) is 0 Å². The van der Waals surface area contributed by atoms with Crippen molar-refractivity contribution < 1.29 is 14.3 Å². The lowest BCUT2D eigenvalue weighted by Gasteiger charge is -2.28. The summed E-state index contributed by atoms with van der Waals surface area (Å²) in [5.74, 6) is -0.256. The van der Waals surface area contributed by atoms with E-state index in [1.54, 1.807) is 6.92 Å². The molecule has 134 valence electrons. The molecule has 1 fully saturated rings. The van der Waals surface area contributed by atoms with Crippen molar-refractivity contribution in [3.63, 3.8) is 0 Å². The van der Waals surface area contributed by atoms with Crippen molar-refractivity contribution in [1.29, 1.82) is 0 Å². The second-order valence-corrected chi connectivity index (χ2v) is 6.93. The van der Waals surface area contributed by atoms with Crippen molar-refractivity contribution in [2.45, 2.75) is 103 Å². The van der Waals surface area contributed by atoms with Crippen LogP contribution in [0.1, 0.15) is 90.9 Å². The Morgan fingerprint density at radius 1 is 0.913 bits per heavy atom. The van der Waals surface area contributed by atoms with Crippen LogP contribution in [0, 0.1) is 0 Å². The minimum absolute atomic E-state index is 0.0576. The highest BCUT2D eigenvalue weighted by Crippen LogP contribution is 2.24. The predicted molar refractivity (Wildman–Crippen MR) is 95.5 cm³/mol. The number of esters is 1. The number of carbonyl (C=O) groups is 1. The summed E-state index contributed by atoms with van der Waals surface area (Å²) < 4.78 is 11.4. The first-order valence-corrected chi connectivity index (χ1v) is 9.61. The van der Waals surface area contributed by atoms with Crippen LogP contribution in [0.5, 0.6) is 0 Å². The van der Waals surface area contributed by atoms with Crippen molar-refractivity contribution in [2.75, 3.05) is 6.61 Å². The number of hydrogen-bond donors (Lipinski definition) is 0. The molecule has 1 aliphatic rings. The summed E-state index contributed by atoms with van der Waals surface area (Å²) in [5.41, 5.74) is 0.484. The molecule has 1 rings (SSSR count). The monoisotopic (exact) mass is 324 g/mol. The molecule has 0 aromatic rings. The zero-order valence-electron chi connectivity index (χ0n) is 15.3. The standard InChI is InChI=1S/C20H36O3/c1-4-5-6-7-8-9-10-11-16-22-18-12-14-19(15-13-18)23-20(21)17(2)3/h18-19H,2,4-16H2,1,3H3. The number of ether oxygens (including phenoxy) is 2. The molecule has 23 heavy (non-hydrogen) atoms. The van der Waals surface area contributed by atoms with Crippen LogP contribution in [0.15, 0.2) is 12.2 Å². The Labute approximate surface area is 142 Å². The predicted octanol–water partition coefficient (Wildman–Crippen LogP) is 5.57. The van der Waals surface area contributed by atoms with Crippen molar-refractivity contribution >= 4 is 5.97 Å². The topological polar surface area (TPSA) is 35.5 Å². The Morgan fingerprint density at radius 3 is 2.00 bits per heavy atom. The summed E-state index contributed by atoms with van der Waals surface area (Å²) in [6, 6.07) is 0. The van der Waals surface area contributed by atoms with Gasteiger partial charge in [0.2, 0.25) is 0 Å². The maximum Gasteiger partial charge on any atom is 0.333 e. The highest BCUT2D eigenvalue weighted by atomic mass is 16.5. The van der Waals surface area contributed by atoms with Crippen molar-refractivity contribution in [3.8, 4) is 0 Å². The molecule has 0 aliphatic heterocycles. The molecule has 0 amide bonds. The van der Waals surface area contributed by atoms with Crippen LogP contribution in [-0.4, -0.2) is 24.8 Å². The SMILES string of the molecule is C=C(C)C(=O)OC1CCC(OCCCCCCCCCC)CC1. The molecule has 1 saturated carbocycles. The highest BCUT2D eigenvalue weighted by Gasteiger charge is 2.24. The maximum absolute atomic E-state index is 11.5. The molecule has 0 radical (unpaired) electrons. The number of carbonyl (C=O) groups excluding carboxylic acids is 1. The molecule has 0 heterocycles. The van der Waals surface area contributed by atoms with Crippen molar-refractivity contribution in [3.05, 3.63) is 12.2 Å². The molecule has 3 nitrogen and oxygen atoms in total. The van der Waals surface area contributed by atoms with E-state index in [4.69, 9.17) is 9.47 Å². The average molecular weight is 325 g/mol. The number of unbranched alkanes of at least 4 members (excludes halogenated alkanes) is 7. The van der Waals surface area contributed by atoms with Crippen LogP contribution in [0.3, 0.4) is 0 Å². The molecule has 0 saturated heterocycles. The second kappa shape index (κ2) is 12.6. The van der Waals surface area contributed by atoms with Gasteiger partial charge in [-0.3, -0.25) is 0 Å². The zero-order valence-corrected chi connectivity index (χ0v) is 15.3. The third kappa shape index (κ3) is 9.80. The van der Waals surface area contributed by atoms with Gasteiger partial charge in [0.1, 0.15) is 6.10 Å². The third-order valence-electron chi connectivity index (χ3n) is 4.59. The van der Waals surface area contributed by atoms with E-state index in [1.165, 1.54) is 51.4 Å². The molecular formula is C20H36O3. The Hall–Kier alpha value is -0.830. The fraction of sp³-hybridized carbons (Fsp3) is 0.850. The van der Waals surface area contributed by atoms with Gasteiger partial charge < -0.3 is 9.47 Å². The maximum atomic E-state index is 11.5. The molecule has 0 unspecified atom stereocenters. The van der Waals surface area contributed by atoms with E-state index in [-0.39, 0.29) is 12.1 Å². The Morgan fingerprint density at radius 2 is 1.43 bits per heavy atom. The van der Waals surface area contributed by atoms with E-state index in [0.29, 0.717) is 11.7 Å². The van der Waals surface area contributed by atoms with Gasteiger partial charge in [-0.15, -0.1) is 0 Å². The van der Waals surface area contributed by atoms with Gasteiger partial charge in [0, 0.05) is 12.2 Å². The van der Waals surface area contributed by atoms with Gasteiger partial charge in [0.25, 0.3) is 0 Å². The molecule has 0 spiro atoms. The molecule has 1 aliphatic carbocycles. The first kappa shape index (κ1) is 20.2. The lowest BCUT2D eigenvalue weighted by molar-refractivity contribution is -0.147. The Balaban J connectivity index is 1.94. The van der Waals surface area contributed by atoms with Gasteiger partial charge >= 0.3 is 5.97 Å². The average Bonchev–Trinajstić information content (AvgIpc) is 2.54. The minimum Gasteiger partial charge on any atom is -0.459 e. The van der Waals surface area contributed by atoms with Crippen LogP contribution in [0.25, 0.3) is 0 Å². The van der Waals surface area contributed by atoms with Gasteiger partial charge in [-0.25, -0.2) is 4.79 Å². The first-order valence-electron chi connectivity index (χ1n) is 9.61. The lowest BCUT2D eigenvalue weighted by Crippen LogP contribution is -2.28. The second-order valence-electron chi connectivity index (χ2n) is 6.93. The summed E-state index contributed by atoms with van der Waals surface area (Å²) in [5, 5.41) is 0. The van der Waals surface area contributed by atoms with E-state index < -0.39 is 0 Å². The molecule has 0 N–H and O–H groups in total. The molecule has 0 aromatic heterocycles. The van der Waals surface area contributed by atoms with Gasteiger partial charge in [-0.2, -0.15) is 0 Å². The summed E-state index contributed by atoms with van der Waals surface area (Å²) in [7, 11) is 0. The highest BCUT2D eigenvalue weighted by molar-refractivity contribution is 5.87. The quantitative estimate of drug-likeness (QED) is 0.267. The molecule has 0 atom stereocenters. The van der Waals surface area contributed by atoms with Crippen molar-refractivity contribution in [1.82, 2.24) is 0 Å². The molecular weight excluding hydrogens is 288 g/mol. The van der Waals surface area contributed by atoms with E-state index in [9.17, 15) is 4.79 Å². The van der Waals surface area contributed by atoms with Gasteiger partial charge in [-0.05, 0) is 39.0 Å². The largest absolute Gasteiger partial charge is 0.459 e. The fourth-order valence-electron chi connectivity index (χ4n) is 3.05. The van der Waals surface area contributed by atoms with E-state index >= 15 is 0 Å². The van der Waals surface area contributed by atoms with Gasteiger partial charge in [-0.1, -0.05) is 58.4 Å². The third-order valence-corrected chi connectivity index (χ3v) is 4.59. The smallest absolute Gasteiger partial charge is 0.333 e. The normalized spacial score (nSPS) is 21.1. The minimum atomic E-state index is -0.256. The summed E-state index contributed by atoms with van der Waals surface area (Å²) in [6.45, 7) is 8.46. The summed E-state index contributed by atoms with van der Waals surface area (Å²) in [6.07, 6.45) is 14.9.